The fourth-order valence-electron chi connectivity index (χ4n) is 2.57. The van der Waals surface area contributed by atoms with Crippen molar-refractivity contribution in [2.45, 2.75) is 25.8 Å². The van der Waals surface area contributed by atoms with E-state index in [1.807, 2.05) is 24.3 Å². The molecule has 0 saturated carbocycles. The molecule has 1 aromatic carbocycles. The Morgan fingerprint density at radius 1 is 1.38 bits per heavy atom. The van der Waals surface area contributed by atoms with Crippen LogP contribution in [0.3, 0.4) is 0 Å². The highest BCUT2D eigenvalue weighted by atomic mass is 79.9. The summed E-state index contributed by atoms with van der Waals surface area (Å²) in [5.74, 6) is 0.646. The molecule has 1 amide bonds. The Balaban J connectivity index is 0.00000220. The maximum absolute atomic E-state index is 12.0. The molecule has 0 aromatic heterocycles. The van der Waals surface area contributed by atoms with E-state index in [4.69, 9.17) is 5.73 Å². The average Bonchev–Trinajstić information content (AvgIpc) is 2.42. The summed E-state index contributed by atoms with van der Waals surface area (Å²) in [7, 11) is 0. The summed E-state index contributed by atoms with van der Waals surface area (Å²) in [5, 5.41) is 2.92. The second-order valence-corrected chi connectivity index (χ2v) is 6.44. The Kier molecular flexibility index (Phi) is 7.66. The number of hydrogen-bond acceptors (Lipinski definition) is 3. The summed E-state index contributed by atoms with van der Waals surface area (Å²) < 4.78 is 1.01. The van der Waals surface area contributed by atoms with Gasteiger partial charge in [0, 0.05) is 16.2 Å². The van der Waals surface area contributed by atoms with Crippen molar-refractivity contribution in [2.24, 2.45) is 11.7 Å². The van der Waals surface area contributed by atoms with Gasteiger partial charge in [0.2, 0.25) is 5.91 Å². The smallest absolute Gasteiger partial charge is 0.238 e. The molecule has 1 aliphatic rings. The minimum atomic E-state index is 0. The van der Waals surface area contributed by atoms with E-state index in [1.54, 1.807) is 0 Å². The number of anilines is 1. The molecule has 1 saturated heterocycles. The zero-order chi connectivity index (χ0) is 14.5. The van der Waals surface area contributed by atoms with Gasteiger partial charge in [-0.1, -0.05) is 15.9 Å². The van der Waals surface area contributed by atoms with E-state index < -0.39 is 0 Å². The van der Waals surface area contributed by atoms with Crippen LogP contribution in [0.4, 0.5) is 5.69 Å². The molecule has 1 aromatic rings. The molecule has 3 N–H and O–H groups in total. The van der Waals surface area contributed by atoms with Crippen molar-refractivity contribution in [3.8, 4) is 0 Å². The van der Waals surface area contributed by atoms with Gasteiger partial charge >= 0.3 is 0 Å². The van der Waals surface area contributed by atoms with Crippen LogP contribution in [0.15, 0.2) is 28.7 Å². The first-order chi connectivity index (χ1) is 9.54. The molecule has 0 spiro atoms. The summed E-state index contributed by atoms with van der Waals surface area (Å²) >= 11 is 3.38. The molecular formula is C15H23BrClN3O. The van der Waals surface area contributed by atoms with E-state index in [1.165, 1.54) is 0 Å². The molecule has 21 heavy (non-hydrogen) atoms. The second-order valence-electron chi connectivity index (χ2n) is 5.53. The van der Waals surface area contributed by atoms with E-state index in [2.05, 4.69) is 33.1 Å². The number of likely N-dealkylation sites (tertiary alicyclic amines) is 1. The molecular weight excluding hydrogens is 354 g/mol. The van der Waals surface area contributed by atoms with Crippen molar-refractivity contribution < 1.29 is 4.79 Å². The normalized spacial score (nSPS) is 17.9. The Labute approximate surface area is 141 Å². The Morgan fingerprint density at radius 2 is 1.95 bits per heavy atom. The second kappa shape index (κ2) is 8.73. The Hall–Kier alpha value is -0.620. The van der Waals surface area contributed by atoms with Gasteiger partial charge in [0.1, 0.15) is 0 Å². The van der Waals surface area contributed by atoms with Crippen molar-refractivity contribution in [3.63, 3.8) is 0 Å². The van der Waals surface area contributed by atoms with E-state index >= 15 is 0 Å². The number of hydrogen-bond donors (Lipinski definition) is 2. The molecule has 6 heteroatoms. The van der Waals surface area contributed by atoms with Gasteiger partial charge < -0.3 is 11.1 Å². The van der Waals surface area contributed by atoms with Crippen LogP contribution in [0, 0.1) is 5.92 Å². The lowest BCUT2D eigenvalue weighted by molar-refractivity contribution is -0.117. The summed E-state index contributed by atoms with van der Waals surface area (Å²) in [4.78, 5) is 14.2. The fourth-order valence-corrected chi connectivity index (χ4v) is 2.84. The number of rotatable bonds is 4. The summed E-state index contributed by atoms with van der Waals surface area (Å²) in [5.41, 5.74) is 6.76. The lowest BCUT2D eigenvalue weighted by Crippen LogP contribution is -2.42. The van der Waals surface area contributed by atoms with Gasteiger partial charge in [0.15, 0.2) is 0 Å². The highest BCUT2D eigenvalue weighted by Gasteiger charge is 2.22. The van der Waals surface area contributed by atoms with Crippen LogP contribution < -0.4 is 11.1 Å². The van der Waals surface area contributed by atoms with E-state index in [0.717, 1.165) is 36.1 Å². The van der Waals surface area contributed by atoms with Gasteiger partial charge in [0.25, 0.3) is 0 Å². The third-order valence-corrected chi connectivity index (χ3v) is 4.40. The molecule has 1 unspecified atom stereocenters. The van der Waals surface area contributed by atoms with Gasteiger partial charge in [-0.25, -0.2) is 0 Å². The molecule has 1 fully saturated rings. The van der Waals surface area contributed by atoms with Crippen molar-refractivity contribution >= 4 is 39.9 Å². The van der Waals surface area contributed by atoms with Crippen LogP contribution >= 0.6 is 28.3 Å². The maximum atomic E-state index is 12.0. The van der Waals surface area contributed by atoms with Crippen LogP contribution in [0.25, 0.3) is 0 Å². The summed E-state index contributed by atoms with van der Waals surface area (Å²) in [6.45, 7) is 4.45. The van der Waals surface area contributed by atoms with Crippen molar-refractivity contribution in [2.75, 3.05) is 25.0 Å². The molecule has 4 nitrogen and oxygen atoms in total. The number of carbonyl (C=O) groups is 1. The average molecular weight is 377 g/mol. The molecule has 1 atom stereocenters. The highest BCUT2D eigenvalue weighted by molar-refractivity contribution is 9.10. The van der Waals surface area contributed by atoms with Crippen molar-refractivity contribution in [1.82, 2.24) is 4.90 Å². The minimum absolute atomic E-state index is 0. The van der Waals surface area contributed by atoms with Gasteiger partial charge in [0.05, 0.1) is 6.54 Å². The molecule has 0 bridgehead atoms. The highest BCUT2D eigenvalue weighted by Crippen LogP contribution is 2.19. The Bertz CT molecular complexity index is 445. The molecule has 2 rings (SSSR count). The van der Waals surface area contributed by atoms with Crippen LogP contribution in [-0.2, 0) is 4.79 Å². The minimum Gasteiger partial charge on any atom is -0.328 e. The number of carbonyl (C=O) groups excluding carboxylic acids is 1. The number of nitrogens with two attached hydrogens (primary N) is 1. The van der Waals surface area contributed by atoms with Crippen LogP contribution in [0.2, 0.25) is 0 Å². The Morgan fingerprint density at radius 3 is 2.48 bits per heavy atom. The fraction of sp³-hybridized carbons (Fsp3) is 0.533. The number of nitrogens with one attached hydrogen (secondary N) is 1. The molecule has 1 aliphatic heterocycles. The number of halogens is 2. The van der Waals surface area contributed by atoms with Crippen LogP contribution in [0.5, 0.6) is 0 Å². The molecule has 118 valence electrons. The lowest BCUT2D eigenvalue weighted by Gasteiger charge is -2.33. The van der Waals surface area contributed by atoms with E-state index in [-0.39, 0.29) is 24.4 Å². The predicted octanol–water partition coefficient (Wildman–Crippen LogP) is 2.87. The maximum Gasteiger partial charge on any atom is 0.238 e. The summed E-state index contributed by atoms with van der Waals surface area (Å²) in [6.07, 6.45) is 2.17. The quantitative estimate of drug-likeness (QED) is 0.849. The molecule has 0 aliphatic carbocycles. The van der Waals surface area contributed by atoms with E-state index in [9.17, 15) is 4.79 Å². The predicted molar refractivity (Wildman–Crippen MR) is 92.8 cm³/mol. The van der Waals surface area contributed by atoms with Gasteiger partial charge in [-0.15, -0.1) is 12.4 Å². The number of benzene rings is 1. The van der Waals surface area contributed by atoms with Gasteiger partial charge in [-0.05, 0) is 63.0 Å². The van der Waals surface area contributed by atoms with E-state index in [0.29, 0.717) is 12.5 Å². The monoisotopic (exact) mass is 375 g/mol. The number of piperidine rings is 1. The zero-order valence-electron chi connectivity index (χ0n) is 12.2. The molecule has 0 radical (unpaired) electrons. The summed E-state index contributed by atoms with van der Waals surface area (Å²) in [6, 6.07) is 7.89. The SMILES string of the molecule is CC(N)C1CCN(CC(=O)Nc2ccc(Br)cc2)CC1.Cl. The zero-order valence-corrected chi connectivity index (χ0v) is 14.6. The number of nitrogens with zero attached hydrogens (tertiary/aromatic N) is 1. The topological polar surface area (TPSA) is 58.4 Å². The first kappa shape index (κ1) is 18.4. The third kappa shape index (κ3) is 5.94. The first-order valence-corrected chi connectivity index (χ1v) is 7.87. The van der Waals surface area contributed by atoms with Gasteiger partial charge in [-0.2, -0.15) is 0 Å². The van der Waals surface area contributed by atoms with Crippen LogP contribution in [-0.4, -0.2) is 36.5 Å². The largest absolute Gasteiger partial charge is 0.328 e. The molecule has 1 heterocycles. The van der Waals surface area contributed by atoms with Crippen molar-refractivity contribution in [3.05, 3.63) is 28.7 Å². The third-order valence-electron chi connectivity index (χ3n) is 3.87. The lowest BCUT2D eigenvalue weighted by atomic mass is 9.91. The number of amides is 1. The standard InChI is InChI=1S/C15H22BrN3O.ClH/c1-11(17)12-6-8-19(9-7-12)10-15(20)18-14-4-2-13(16)3-5-14;/h2-5,11-12H,6-10,17H2,1H3,(H,18,20);1H. The van der Waals surface area contributed by atoms with Crippen molar-refractivity contribution in [1.29, 1.82) is 0 Å². The van der Waals surface area contributed by atoms with Crippen LogP contribution in [0.1, 0.15) is 19.8 Å². The van der Waals surface area contributed by atoms with Gasteiger partial charge in [-0.3, -0.25) is 9.69 Å². The first-order valence-electron chi connectivity index (χ1n) is 7.08.